The third kappa shape index (κ3) is 2.79. The maximum atomic E-state index is 12.1. The lowest BCUT2D eigenvalue weighted by Crippen LogP contribution is -2.34. The van der Waals surface area contributed by atoms with E-state index >= 15 is 0 Å². The van der Waals surface area contributed by atoms with Gasteiger partial charge in [0.1, 0.15) is 6.54 Å². The number of carbonyl (C=O) groups excluding carboxylic acids is 1. The SMILES string of the molecule is CCN(C)C(=O)Cn1c(=O)cc(C(=O)O)c2ccccc21. The number of aromatic carboxylic acids is 1. The Labute approximate surface area is 121 Å². The molecular formula is C15H16N2O4. The number of likely N-dealkylation sites (N-methyl/N-ethyl adjacent to an activating group) is 1. The van der Waals surface area contributed by atoms with Crippen LogP contribution in [0.3, 0.4) is 0 Å². The van der Waals surface area contributed by atoms with Crippen molar-refractivity contribution >= 4 is 22.8 Å². The largest absolute Gasteiger partial charge is 0.478 e. The van der Waals surface area contributed by atoms with Crippen LogP contribution < -0.4 is 5.56 Å². The zero-order chi connectivity index (χ0) is 15.6. The van der Waals surface area contributed by atoms with Crippen molar-refractivity contribution in [3.63, 3.8) is 0 Å². The minimum absolute atomic E-state index is 0.0526. The van der Waals surface area contributed by atoms with Gasteiger partial charge in [0.05, 0.1) is 11.1 Å². The van der Waals surface area contributed by atoms with Gasteiger partial charge >= 0.3 is 5.97 Å². The summed E-state index contributed by atoms with van der Waals surface area (Å²) >= 11 is 0. The van der Waals surface area contributed by atoms with Gasteiger partial charge in [-0.05, 0) is 13.0 Å². The zero-order valence-electron chi connectivity index (χ0n) is 11.9. The molecule has 0 aliphatic rings. The van der Waals surface area contributed by atoms with Crippen molar-refractivity contribution in [2.45, 2.75) is 13.5 Å². The average molecular weight is 288 g/mol. The number of pyridine rings is 1. The summed E-state index contributed by atoms with van der Waals surface area (Å²) in [5.74, 6) is -1.36. The number of amides is 1. The maximum Gasteiger partial charge on any atom is 0.336 e. The summed E-state index contributed by atoms with van der Waals surface area (Å²) in [5.41, 5.74) is -0.104. The van der Waals surface area contributed by atoms with Crippen molar-refractivity contribution in [3.8, 4) is 0 Å². The van der Waals surface area contributed by atoms with E-state index < -0.39 is 11.5 Å². The number of fused-ring (bicyclic) bond motifs is 1. The summed E-state index contributed by atoms with van der Waals surface area (Å²) in [4.78, 5) is 36.9. The molecule has 0 saturated carbocycles. The highest BCUT2D eigenvalue weighted by molar-refractivity contribution is 6.02. The van der Waals surface area contributed by atoms with Gasteiger partial charge in [-0.3, -0.25) is 14.2 Å². The lowest BCUT2D eigenvalue weighted by molar-refractivity contribution is -0.130. The Balaban J connectivity index is 2.63. The third-order valence-electron chi connectivity index (χ3n) is 3.44. The van der Waals surface area contributed by atoms with Crippen molar-refractivity contribution in [2.75, 3.05) is 13.6 Å². The van der Waals surface area contributed by atoms with Crippen molar-refractivity contribution in [1.29, 1.82) is 0 Å². The predicted octanol–water partition coefficient (Wildman–Crippen LogP) is 1.18. The van der Waals surface area contributed by atoms with Crippen LogP contribution in [-0.2, 0) is 11.3 Å². The van der Waals surface area contributed by atoms with Crippen molar-refractivity contribution in [1.82, 2.24) is 9.47 Å². The van der Waals surface area contributed by atoms with Gasteiger partial charge in [0.25, 0.3) is 5.56 Å². The van der Waals surface area contributed by atoms with Gasteiger partial charge in [-0.1, -0.05) is 18.2 Å². The molecule has 0 spiro atoms. The molecule has 0 unspecified atom stereocenters. The van der Waals surface area contributed by atoms with Crippen LogP contribution in [0.15, 0.2) is 35.1 Å². The molecule has 21 heavy (non-hydrogen) atoms. The van der Waals surface area contributed by atoms with Gasteiger partial charge in [-0.25, -0.2) is 4.79 Å². The Hall–Kier alpha value is -2.63. The summed E-state index contributed by atoms with van der Waals surface area (Å²) in [5, 5.41) is 9.62. The summed E-state index contributed by atoms with van der Waals surface area (Å²) in [6.45, 7) is 2.27. The Morgan fingerprint density at radius 2 is 1.95 bits per heavy atom. The fourth-order valence-electron chi connectivity index (χ4n) is 2.11. The molecule has 1 aromatic heterocycles. The van der Waals surface area contributed by atoms with E-state index in [1.54, 1.807) is 31.3 Å². The van der Waals surface area contributed by atoms with E-state index in [0.717, 1.165) is 6.07 Å². The quantitative estimate of drug-likeness (QED) is 0.916. The normalized spacial score (nSPS) is 10.6. The van der Waals surface area contributed by atoms with E-state index in [2.05, 4.69) is 0 Å². The molecule has 0 atom stereocenters. The van der Waals surface area contributed by atoms with Crippen LogP contribution in [0.5, 0.6) is 0 Å². The Bertz CT molecular complexity index is 764. The first-order valence-corrected chi connectivity index (χ1v) is 6.55. The molecule has 0 aliphatic heterocycles. The van der Waals surface area contributed by atoms with E-state index in [0.29, 0.717) is 17.4 Å². The second-order valence-corrected chi connectivity index (χ2v) is 4.71. The smallest absolute Gasteiger partial charge is 0.336 e. The lowest BCUT2D eigenvalue weighted by Gasteiger charge is -2.17. The minimum atomic E-state index is -1.16. The number of carbonyl (C=O) groups is 2. The molecule has 0 aliphatic carbocycles. The van der Waals surface area contributed by atoms with Crippen LogP contribution >= 0.6 is 0 Å². The second kappa shape index (κ2) is 5.78. The molecule has 1 amide bonds. The molecule has 1 N–H and O–H groups in total. The van der Waals surface area contributed by atoms with Crippen molar-refractivity contribution < 1.29 is 14.7 Å². The summed E-state index contributed by atoms with van der Waals surface area (Å²) in [7, 11) is 1.65. The third-order valence-corrected chi connectivity index (χ3v) is 3.44. The summed E-state index contributed by atoms with van der Waals surface area (Å²) < 4.78 is 1.30. The number of aromatic nitrogens is 1. The molecule has 1 aromatic carbocycles. The van der Waals surface area contributed by atoms with Crippen LogP contribution in [0.25, 0.3) is 10.9 Å². The van der Waals surface area contributed by atoms with Gasteiger partial charge in [0.2, 0.25) is 5.91 Å². The van der Waals surface area contributed by atoms with E-state index in [1.165, 1.54) is 9.47 Å². The monoisotopic (exact) mass is 288 g/mol. The molecule has 0 fully saturated rings. The molecule has 0 bridgehead atoms. The van der Waals surface area contributed by atoms with Gasteiger partial charge in [-0.2, -0.15) is 0 Å². The van der Waals surface area contributed by atoms with E-state index in [-0.39, 0.29) is 18.0 Å². The fraction of sp³-hybridized carbons (Fsp3) is 0.267. The first-order chi connectivity index (χ1) is 9.95. The van der Waals surface area contributed by atoms with Crippen molar-refractivity contribution in [2.24, 2.45) is 0 Å². The molecule has 2 rings (SSSR count). The lowest BCUT2D eigenvalue weighted by atomic mass is 10.1. The first kappa shape index (κ1) is 14.8. The number of para-hydroxylation sites is 1. The average Bonchev–Trinajstić information content (AvgIpc) is 2.48. The maximum absolute atomic E-state index is 12.1. The Kier molecular flexibility index (Phi) is 4.07. The Morgan fingerprint density at radius 3 is 2.57 bits per heavy atom. The van der Waals surface area contributed by atoms with Crippen LogP contribution in [0.2, 0.25) is 0 Å². The molecule has 2 aromatic rings. The van der Waals surface area contributed by atoms with E-state index in [1.807, 2.05) is 6.92 Å². The van der Waals surface area contributed by atoms with Gasteiger partial charge in [0, 0.05) is 25.0 Å². The van der Waals surface area contributed by atoms with E-state index in [4.69, 9.17) is 0 Å². The standard InChI is InChI=1S/C15H16N2O4/c1-3-16(2)14(19)9-17-12-7-5-4-6-10(12)11(15(20)21)8-13(17)18/h4-8H,3,9H2,1-2H3,(H,20,21). The first-order valence-electron chi connectivity index (χ1n) is 6.55. The highest BCUT2D eigenvalue weighted by atomic mass is 16.4. The molecule has 6 nitrogen and oxygen atoms in total. The molecule has 0 saturated heterocycles. The minimum Gasteiger partial charge on any atom is -0.478 e. The van der Waals surface area contributed by atoms with Gasteiger partial charge in [-0.15, -0.1) is 0 Å². The van der Waals surface area contributed by atoms with Crippen LogP contribution in [0.1, 0.15) is 17.3 Å². The van der Waals surface area contributed by atoms with Gasteiger partial charge < -0.3 is 10.0 Å². The molecule has 110 valence electrons. The van der Waals surface area contributed by atoms with Crippen LogP contribution in [0, 0.1) is 0 Å². The molecular weight excluding hydrogens is 272 g/mol. The number of hydrogen-bond acceptors (Lipinski definition) is 3. The molecule has 6 heteroatoms. The number of benzene rings is 1. The number of carboxylic acids is 1. The summed E-state index contributed by atoms with van der Waals surface area (Å²) in [6.07, 6.45) is 0. The zero-order valence-corrected chi connectivity index (χ0v) is 11.9. The fourth-order valence-corrected chi connectivity index (χ4v) is 2.11. The van der Waals surface area contributed by atoms with Crippen molar-refractivity contribution in [3.05, 3.63) is 46.2 Å². The van der Waals surface area contributed by atoms with Crippen LogP contribution in [-0.4, -0.2) is 40.0 Å². The Morgan fingerprint density at radius 1 is 1.29 bits per heavy atom. The highest BCUT2D eigenvalue weighted by Crippen LogP contribution is 2.17. The highest BCUT2D eigenvalue weighted by Gasteiger charge is 2.16. The molecule has 0 radical (unpaired) electrons. The predicted molar refractivity (Wildman–Crippen MR) is 78.5 cm³/mol. The number of nitrogens with zero attached hydrogens (tertiary/aromatic N) is 2. The number of rotatable bonds is 4. The molecule has 1 heterocycles. The summed E-state index contributed by atoms with van der Waals surface area (Å²) in [6, 6.07) is 7.73. The number of hydrogen-bond donors (Lipinski definition) is 1. The van der Waals surface area contributed by atoms with Crippen LogP contribution in [0.4, 0.5) is 0 Å². The van der Waals surface area contributed by atoms with E-state index in [9.17, 15) is 19.5 Å². The number of carboxylic acid groups (broad SMARTS) is 1. The van der Waals surface area contributed by atoms with Gasteiger partial charge in [0.15, 0.2) is 0 Å². The topological polar surface area (TPSA) is 79.6 Å². The second-order valence-electron chi connectivity index (χ2n) is 4.71.